The summed E-state index contributed by atoms with van der Waals surface area (Å²) in [5.74, 6) is -0.270. The quantitative estimate of drug-likeness (QED) is 0.641. The minimum absolute atomic E-state index is 0. The highest BCUT2D eigenvalue weighted by atomic mass is 35.5. The molecule has 0 bridgehead atoms. The second kappa shape index (κ2) is 9.45. The predicted molar refractivity (Wildman–Crippen MR) is 111 cm³/mol. The second-order valence-electron chi connectivity index (χ2n) is 6.22. The van der Waals surface area contributed by atoms with Crippen molar-refractivity contribution < 1.29 is 9.59 Å². The van der Waals surface area contributed by atoms with Crippen molar-refractivity contribution in [2.45, 2.75) is 52.6 Å². The molecule has 2 amide bonds. The summed E-state index contributed by atoms with van der Waals surface area (Å²) >= 11 is 3.02. The molecule has 0 spiro atoms. The van der Waals surface area contributed by atoms with Crippen LogP contribution < -0.4 is 16.4 Å². The molecule has 0 aliphatic carbocycles. The molecule has 0 aromatic carbocycles. The minimum atomic E-state index is -0.900. The number of nitrogens with one attached hydrogen (secondary N) is 2. The van der Waals surface area contributed by atoms with Gasteiger partial charge in [0, 0.05) is 16.7 Å². The van der Waals surface area contributed by atoms with Gasteiger partial charge in [-0.05, 0) is 32.4 Å². The fourth-order valence-electron chi connectivity index (χ4n) is 2.36. The maximum absolute atomic E-state index is 12.3. The van der Waals surface area contributed by atoms with E-state index >= 15 is 0 Å². The highest BCUT2D eigenvalue weighted by molar-refractivity contribution is 7.18. The molecular formula is C17H25ClN4O2S2. The zero-order valence-corrected chi connectivity index (χ0v) is 17.8. The van der Waals surface area contributed by atoms with Crippen molar-refractivity contribution in [3.05, 3.63) is 21.9 Å². The molecule has 2 aromatic rings. The lowest BCUT2D eigenvalue weighted by atomic mass is 9.97. The number of nitrogens with zero attached hydrogens (tertiary/aromatic N) is 1. The third-order valence-corrected chi connectivity index (χ3v) is 5.69. The number of halogens is 1. The average molecular weight is 417 g/mol. The lowest BCUT2D eigenvalue weighted by Crippen LogP contribution is -2.48. The summed E-state index contributed by atoms with van der Waals surface area (Å²) in [6.45, 7) is 7.72. The van der Waals surface area contributed by atoms with E-state index in [1.165, 1.54) is 18.3 Å². The molecule has 0 aliphatic rings. The smallest absolute Gasteiger partial charge is 0.245 e. The van der Waals surface area contributed by atoms with Crippen LogP contribution in [0.2, 0.25) is 0 Å². The number of hydrogen-bond donors (Lipinski definition) is 3. The lowest BCUT2D eigenvalue weighted by Gasteiger charge is -2.21. The summed E-state index contributed by atoms with van der Waals surface area (Å²) in [5.41, 5.74) is 6.02. The van der Waals surface area contributed by atoms with E-state index in [1.54, 1.807) is 18.3 Å². The number of amides is 2. The number of carbonyl (C=O) groups excluding carboxylic acids is 2. The summed E-state index contributed by atoms with van der Waals surface area (Å²) in [6, 6.07) is 3.96. The molecule has 0 aliphatic heterocycles. The van der Waals surface area contributed by atoms with Crippen molar-refractivity contribution in [2.24, 2.45) is 5.73 Å². The van der Waals surface area contributed by atoms with Crippen molar-refractivity contribution in [3.63, 3.8) is 0 Å². The van der Waals surface area contributed by atoms with Crippen LogP contribution in [0.25, 0.3) is 10.6 Å². The molecular weight excluding hydrogens is 392 g/mol. The Balaban J connectivity index is 0.00000338. The Morgan fingerprint density at radius 1 is 1.31 bits per heavy atom. The Morgan fingerprint density at radius 3 is 2.62 bits per heavy atom. The summed E-state index contributed by atoms with van der Waals surface area (Å²) in [5, 5.41) is 6.18. The SMILES string of the molecule is CCCC(C)(N)C(=O)Nc1nc(-c2ccc(CNC(C)=O)s2)c(C)s1.Cl. The van der Waals surface area contributed by atoms with E-state index in [0.717, 1.165) is 26.7 Å². The van der Waals surface area contributed by atoms with Gasteiger partial charge in [0.05, 0.1) is 22.7 Å². The van der Waals surface area contributed by atoms with Gasteiger partial charge in [-0.1, -0.05) is 13.3 Å². The van der Waals surface area contributed by atoms with Crippen molar-refractivity contribution >= 4 is 52.0 Å². The number of anilines is 1. The molecule has 144 valence electrons. The standard InChI is InChI=1S/C17H24N4O2S2.ClH/c1-5-8-17(4,18)15(23)21-16-20-14(10(2)24-16)13-7-6-12(25-13)9-19-11(3)22;/h6-7H,5,8-9,18H2,1-4H3,(H,19,22)(H,20,21,23);1H. The Labute approximate surface area is 168 Å². The number of hydrogen-bond acceptors (Lipinski definition) is 6. The molecule has 26 heavy (non-hydrogen) atoms. The number of rotatable bonds is 7. The summed E-state index contributed by atoms with van der Waals surface area (Å²) in [4.78, 5) is 31.0. The Hall–Kier alpha value is -1.48. The molecule has 6 nitrogen and oxygen atoms in total. The number of thiazole rings is 1. The first-order valence-corrected chi connectivity index (χ1v) is 9.77. The fraction of sp³-hybridized carbons (Fsp3) is 0.471. The van der Waals surface area contributed by atoms with Gasteiger partial charge in [-0.2, -0.15) is 0 Å². The zero-order valence-electron chi connectivity index (χ0n) is 15.3. The molecule has 0 saturated heterocycles. The van der Waals surface area contributed by atoms with Gasteiger partial charge in [-0.25, -0.2) is 4.98 Å². The van der Waals surface area contributed by atoms with Gasteiger partial charge in [-0.15, -0.1) is 35.1 Å². The van der Waals surface area contributed by atoms with Gasteiger partial charge in [0.15, 0.2) is 5.13 Å². The number of nitrogens with two attached hydrogens (primary N) is 1. The van der Waals surface area contributed by atoms with Crippen molar-refractivity contribution in [3.8, 4) is 10.6 Å². The van der Waals surface area contributed by atoms with Gasteiger partial charge in [0.1, 0.15) is 0 Å². The summed E-state index contributed by atoms with van der Waals surface area (Å²) in [6.07, 6.45) is 1.46. The van der Waals surface area contributed by atoms with Crippen LogP contribution in [-0.2, 0) is 16.1 Å². The lowest BCUT2D eigenvalue weighted by molar-refractivity contribution is -0.121. The molecule has 9 heteroatoms. The van der Waals surface area contributed by atoms with Crippen LogP contribution in [0.1, 0.15) is 43.4 Å². The van der Waals surface area contributed by atoms with Crippen LogP contribution in [0.3, 0.4) is 0 Å². The van der Waals surface area contributed by atoms with E-state index in [2.05, 4.69) is 15.6 Å². The van der Waals surface area contributed by atoms with Gasteiger partial charge in [0.2, 0.25) is 11.8 Å². The third kappa shape index (κ3) is 5.77. The molecule has 0 saturated carbocycles. The average Bonchev–Trinajstić information content (AvgIpc) is 3.11. The Morgan fingerprint density at radius 2 is 2.00 bits per heavy atom. The van der Waals surface area contributed by atoms with Crippen LogP contribution in [0.15, 0.2) is 12.1 Å². The first kappa shape index (κ1) is 22.6. The van der Waals surface area contributed by atoms with E-state index < -0.39 is 5.54 Å². The van der Waals surface area contributed by atoms with Gasteiger partial charge < -0.3 is 16.4 Å². The minimum Gasteiger partial charge on any atom is -0.351 e. The predicted octanol–water partition coefficient (Wildman–Crippen LogP) is 3.69. The Kier molecular flexibility index (Phi) is 8.20. The van der Waals surface area contributed by atoms with Gasteiger partial charge in [-0.3, -0.25) is 9.59 Å². The number of aromatic nitrogens is 1. The molecule has 0 fully saturated rings. The first-order valence-electron chi connectivity index (χ1n) is 8.14. The molecule has 0 radical (unpaired) electrons. The van der Waals surface area contributed by atoms with Crippen LogP contribution in [0.4, 0.5) is 5.13 Å². The number of aryl methyl sites for hydroxylation is 1. The number of carbonyl (C=O) groups is 2. The largest absolute Gasteiger partial charge is 0.351 e. The van der Waals surface area contributed by atoms with Crippen molar-refractivity contribution in [2.75, 3.05) is 5.32 Å². The third-order valence-electron chi connectivity index (χ3n) is 3.71. The molecule has 1 atom stereocenters. The van der Waals surface area contributed by atoms with E-state index in [0.29, 0.717) is 18.1 Å². The zero-order chi connectivity index (χ0) is 18.6. The maximum atomic E-state index is 12.3. The highest BCUT2D eigenvalue weighted by Crippen LogP contribution is 2.35. The van der Waals surface area contributed by atoms with Crippen molar-refractivity contribution in [1.82, 2.24) is 10.3 Å². The topological polar surface area (TPSA) is 97.1 Å². The Bertz CT molecular complexity index is 771. The molecule has 4 N–H and O–H groups in total. The molecule has 1 unspecified atom stereocenters. The van der Waals surface area contributed by atoms with E-state index in [-0.39, 0.29) is 24.2 Å². The monoisotopic (exact) mass is 416 g/mol. The van der Waals surface area contributed by atoms with Crippen LogP contribution in [0, 0.1) is 6.92 Å². The van der Waals surface area contributed by atoms with Gasteiger partial charge >= 0.3 is 0 Å². The van der Waals surface area contributed by atoms with E-state index in [9.17, 15) is 9.59 Å². The van der Waals surface area contributed by atoms with Crippen LogP contribution >= 0.6 is 35.1 Å². The summed E-state index contributed by atoms with van der Waals surface area (Å²) in [7, 11) is 0. The second-order valence-corrected chi connectivity index (χ2v) is 8.59. The molecule has 2 aromatic heterocycles. The summed E-state index contributed by atoms with van der Waals surface area (Å²) < 4.78 is 0. The molecule has 2 heterocycles. The number of thiophene rings is 1. The van der Waals surface area contributed by atoms with Crippen LogP contribution in [-0.4, -0.2) is 22.3 Å². The fourth-order valence-corrected chi connectivity index (χ4v) is 4.24. The van der Waals surface area contributed by atoms with E-state index in [4.69, 9.17) is 5.73 Å². The van der Waals surface area contributed by atoms with E-state index in [1.807, 2.05) is 26.0 Å². The van der Waals surface area contributed by atoms with Crippen molar-refractivity contribution in [1.29, 1.82) is 0 Å². The normalized spacial score (nSPS) is 12.8. The molecule has 2 rings (SSSR count). The highest BCUT2D eigenvalue weighted by Gasteiger charge is 2.28. The van der Waals surface area contributed by atoms with Crippen LogP contribution in [0.5, 0.6) is 0 Å². The van der Waals surface area contributed by atoms with Gasteiger partial charge in [0.25, 0.3) is 0 Å². The first-order chi connectivity index (χ1) is 11.7. The maximum Gasteiger partial charge on any atom is 0.245 e.